The van der Waals surface area contributed by atoms with Gasteiger partial charge in [0.1, 0.15) is 6.04 Å². The van der Waals surface area contributed by atoms with Crippen LogP contribution in [0.15, 0.2) is 17.7 Å². The third kappa shape index (κ3) is 3.43. The lowest BCUT2D eigenvalue weighted by molar-refractivity contribution is -0.142. The number of thiazole rings is 1. The second-order valence-corrected chi connectivity index (χ2v) is 5.98. The summed E-state index contributed by atoms with van der Waals surface area (Å²) >= 11 is 7.43. The molecule has 21 heavy (non-hydrogen) atoms. The van der Waals surface area contributed by atoms with Crippen LogP contribution in [-0.4, -0.2) is 32.4 Å². The number of nitrogens with one attached hydrogen (secondary N) is 1. The van der Waals surface area contributed by atoms with Crippen LogP contribution in [-0.2, 0) is 9.59 Å². The smallest absolute Gasteiger partial charge is 0.326 e. The quantitative estimate of drug-likeness (QED) is 0.825. The fourth-order valence-electron chi connectivity index (χ4n) is 1.80. The van der Waals surface area contributed by atoms with Crippen molar-refractivity contribution in [1.29, 1.82) is 0 Å². The van der Waals surface area contributed by atoms with E-state index in [1.807, 2.05) is 5.38 Å². The third-order valence-corrected chi connectivity index (χ3v) is 3.91. The van der Waals surface area contributed by atoms with Crippen LogP contribution in [0, 0.1) is 5.92 Å². The monoisotopic (exact) mass is 327 g/mol. The molecule has 2 N–H and O–H groups in total. The molecule has 0 radical (unpaired) electrons. The Balaban J connectivity index is 2.13. The lowest BCUT2D eigenvalue weighted by Crippen LogP contribution is -2.43. The van der Waals surface area contributed by atoms with Crippen LogP contribution in [0.25, 0.3) is 11.0 Å². The number of fused-ring (bicyclic) bond motifs is 1. The molecule has 1 atom stereocenters. The number of aromatic nitrogens is 2. The molecule has 0 spiro atoms. The molecule has 0 bridgehead atoms. The van der Waals surface area contributed by atoms with Gasteiger partial charge in [0.25, 0.3) is 0 Å². The second-order valence-electron chi connectivity index (χ2n) is 4.75. The summed E-state index contributed by atoms with van der Waals surface area (Å²) in [4.78, 5) is 27.7. The van der Waals surface area contributed by atoms with Gasteiger partial charge in [0, 0.05) is 17.7 Å². The minimum Gasteiger partial charge on any atom is -0.480 e. The van der Waals surface area contributed by atoms with Gasteiger partial charge in [-0.05, 0) is 12.0 Å². The highest BCUT2D eigenvalue weighted by molar-refractivity contribution is 7.15. The predicted molar refractivity (Wildman–Crippen MR) is 81.5 cm³/mol. The van der Waals surface area contributed by atoms with Crippen LogP contribution in [0.3, 0.4) is 0 Å². The summed E-state index contributed by atoms with van der Waals surface area (Å²) in [6, 6.07) is -0.927. The topological polar surface area (TPSA) is 83.7 Å². The SMILES string of the molecule is CC(C)[C@H](NC(=O)/C=C/c1c(Cl)nc2sccn12)C(=O)O. The standard InChI is InChI=1S/C13H14ClN3O3S/c1-7(2)10(12(19)20)15-9(18)4-3-8-11(14)16-13-17(8)5-6-21-13/h3-7,10H,1-2H3,(H,15,18)(H,19,20)/b4-3+/t10-/m0/s1. The number of hydrogen-bond acceptors (Lipinski definition) is 4. The van der Waals surface area contributed by atoms with Gasteiger partial charge < -0.3 is 10.4 Å². The van der Waals surface area contributed by atoms with Gasteiger partial charge in [0.05, 0.1) is 5.69 Å². The maximum Gasteiger partial charge on any atom is 0.326 e. The molecular weight excluding hydrogens is 314 g/mol. The first-order valence-corrected chi connectivity index (χ1v) is 7.48. The number of aliphatic carboxylic acids is 1. The van der Waals surface area contributed by atoms with Crippen molar-refractivity contribution in [1.82, 2.24) is 14.7 Å². The number of imidazole rings is 1. The van der Waals surface area contributed by atoms with Crippen molar-refractivity contribution in [2.75, 3.05) is 0 Å². The number of amides is 1. The maximum absolute atomic E-state index is 11.8. The number of carbonyl (C=O) groups excluding carboxylic acids is 1. The third-order valence-electron chi connectivity index (χ3n) is 2.88. The molecule has 0 aromatic carbocycles. The molecule has 0 fully saturated rings. The van der Waals surface area contributed by atoms with E-state index in [2.05, 4.69) is 10.3 Å². The van der Waals surface area contributed by atoms with Crippen molar-refractivity contribution in [2.45, 2.75) is 19.9 Å². The van der Waals surface area contributed by atoms with Gasteiger partial charge in [0.2, 0.25) is 5.91 Å². The van der Waals surface area contributed by atoms with E-state index in [9.17, 15) is 9.59 Å². The number of nitrogens with zero attached hydrogens (tertiary/aromatic N) is 2. The zero-order valence-corrected chi connectivity index (χ0v) is 13.0. The Morgan fingerprint density at radius 1 is 1.52 bits per heavy atom. The van der Waals surface area contributed by atoms with Gasteiger partial charge in [-0.1, -0.05) is 25.4 Å². The average molecular weight is 328 g/mol. The first-order valence-electron chi connectivity index (χ1n) is 6.22. The highest BCUT2D eigenvalue weighted by atomic mass is 35.5. The first-order chi connectivity index (χ1) is 9.90. The molecule has 0 saturated carbocycles. The molecule has 112 valence electrons. The van der Waals surface area contributed by atoms with E-state index in [1.165, 1.54) is 23.5 Å². The molecule has 1 amide bonds. The van der Waals surface area contributed by atoms with Crippen LogP contribution in [0.4, 0.5) is 0 Å². The number of carbonyl (C=O) groups is 2. The molecule has 2 aromatic heterocycles. The van der Waals surface area contributed by atoms with E-state index >= 15 is 0 Å². The van der Waals surface area contributed by atoms with E-state index in [-0.39, 0.29) is 5.92 Å². The van der Waals surface area contributed by atoms with E-state index in [0.717, 1.165) is 4.96 Å². The first kappa shape index (κ1) is 15.5. The minimum atomic E-state index is -1.06. The molecule has 0 aliphatic rings. The zero-order valence-electron chi connectivity index (χ0n) is 11.4. The van der Waals surface area contributed by atoms with E-state index in [0.29, 0.717) is 10.8 Å². The fraction of sp³-hybridized carbons (Fsp3) is 0.308. The Morgan fingerprint density at radius 3 is 2.86 bits per heavy atom. The summed E-state index contributed by atoms with van der Waals surface area (Å²) in [5.41, 5.74) is 0.583. The highest BCUT2D eigenvalue weighted by Gasteiger charge is 2.22. The van der Waals surface area contributed by atoms with Crippen molar-refractivity contribution >= 4 is 45.9 Å². The molecule has 0 aliphatic heterocycles. The van der Waals surface area contributed by atoms with Crippen LogP contribution in [0.2, 0.25) is 5.15 Å². The average Bonchev–Trinajstić information content (AvgIpc) is 2.93. The predicted octanol–water partition coefficient (Wildman–Crippen LogP) is 2.29. The van der Waals surface area contributed by atoms with Crippen LogP contribution in [0.5, 0.6) is 0 Å². The Bertz CT molecular complexity index is 705. The van der Waals surface area contributed by atoms with Crippen molar-refractivity contribution in [3.05, 3.63) is 28.5 Å². The summed E-state index contributed by atoms with van der Waals surface area (Å²) in [6.45, 7) is 3.46. The maximum atomic E-state index is 11.8. The number of rotatable bonds is 5. The fourth-order valence-corrected chi connectivity index (χ4v) is 2.80. The van der Waals surface area contributed by atoms with Gasteiger partial charge in [-0.15, -0.1) is 11.3 Å². The molecule has 6 nitrogen and oxygen atoms in total. The molecule has 2 aromatic rings. The number of hydrogen-bond donors (Lipinski definition) is 2. The molecular formula is C13H14ClN3O3S. The van der Waals surface area contributed by atoms with Crippen molar-refractivity contribution < 1.29 is 14.7 Å². The Hall–Kier alpha value is -1.86. The summed E-state index contributed by atoms with van der Waals surface area (Å²) in [5.74, 6) is -1.76. The van der Waals surface area contributed by atoms with Gasteiger partial charge in [-0.2, -0.15) is 0 Å². The molecule has 2 heterocycles. The summed E-state index contributed by atoms with van der Waals surface area (Å²) < 4.78 is 1.76. The number of carboxylic acids is 1. The molecule has 0 unspecified atom stereocenters. The second kappa shape index (κ2) is 6.28. The Morgan fingerprint density at radius 2 is 2.24 bits per heavy atom. The molecule has 8 heteroatoms. The number of carboxylic acid groups (broad SMARTS) is 1. The van der Waals surface area contributed by atoms with Crippen LogP contribution >= 0.6 is 22.9 Å². The summed E-state index contributed by atoms with van der Waals surface area (Å²) in [7, 11) is 0. The normalized spacial score (nSPS) is 13.1. The summed E-state index contributed by atoms with van der Waals surface area (Å²) in [6.07, 6.45) is 4.57. The Kier molecular flexibility index (Phi) is 4.64. The van der Waals surface area contributed by atoms with Gasteiger partial charge in [0.15, 0.2) is 10.1 Å². The number of halogens is 1. The zero-order chi connectivity index (χ0) is 15.6. The molecule has 2 rings (SSSR count). The van der Waals surface area contributed by atoms with Gasteiger partial charge in [-0.3, -0.25) is 9.20 Å². The van der Waals surface area contributed by atoms with Crippen LogP contribution in [0.1, 0.15) is 19.5 Å². The molecule has 0 saturated heterocycles. The van der Waals surface area contributed by atoms with E-state index < -0.39 is 17.9 Å². The van der Waals surface area contributed by atoms with Crippen molar-refractivity contribution in [3.63, 3.8) is 0 Å². The van der Waals surface area contributed by atoms with Crippen LogP contribution < -0.4 is 5.32 Å². The van der Waals surface area contributed by atoms with Gasteiger partial charge in [-0.25, -0.2) is 9.78 Å². The van der Waals surface area contributed by atoms with E-state index in [4.69, 9.17) is 16.7 Å². The van der Waals surface area contributed by atoms with Gasteiger partial charge >= 0.3 is 5.97 Å². The molecule has 0 aliphatic carbocycles. The van der Waals surface area contributed by atoms with E-state index in [1.54, 1.807) is 24.4 Å². The lowest BCUT2D eigenvalue weighted by Gasteiger charge is -2.16. The Labute approximate surface area is 130 Å². The largest absolute Gasteiger partial charge is 0.480 e. The van der Waals surface area contributed by atoms with Crippen molar-refractivity contribution in [3.8, 4) is 0 Å². The lowest BCUT2D eigenvalue weighted by atomic mass is 10.0. The van der Waals surface area contributed by atoms with Crippen molar-refractivity contribution in [2.24, 2.45) is 5.92 Å². The highest BCUT2D eigenvalue weighted by Crippen LogP contribution is 2.22. The minimum absolute atomic E-state index is 0.206. The summed E-state index contributed by atoms with van der Waals surface area (Å²) in [5, 5.41) is 13.6.